The number of urea groups is 1. The molecule has 2 N–H and O–H groups in total. The predicted molar refractivity (Wildman–Crippen MR) is 123 cm³/mol. The van der Waals surface area contributed by atoms with Crippen molar-refractivity contribution in [1.82, 2.24) is 25.4 Å². The molecule has 0 unspecified atom stereocenters. The molecule has 10 nitrogen and oxygen atoms in total. The molecule has 2 amide bonds. The summed E-state index contributed by atoms with van der Waals surface area (Å²) in [6.45, 7) is 0.0116. The third-order valence-corrected chi connectivity index (χ3v) is 6.78. The Labute approximate surface area is 202 Å². The lowest BCUT2D eigenvalue weighted by molar-refractivity contribution is 0.177. The maximum absolute atomic E-state index is 14.9. The van der Waals surface area contributed by atoms with Gasteiger partial charge in [-0.2, -0.15) is 5.10 Å². The number of anilines is 1. The Balaban J connectivity index is 1.17. The minimum atomic E-state index is -0.635. The zero-order valence-electron chi connectivity index (χ0n) is 18.1. The second-order valence-electron chi connectivity index (χ2n) is 8.56. The normalized spacial score (nSPS) is 18.5. The van der Waals surface area contributed by atoms with Crippen molar-refractivity contribution in [3.05, 3.63) is 74.4 Å². The number of hydrogen-bond acceptors (Lipinski definition) is 7. The molecule has 0 aliphatic carbocycles. The van der Waals surface area contributed by atoms with E-state index < -0.39 is 11.8 Å². The highest BCUT2D eigenvalue weighted by molar-refractivity contribution is 6.31. The molecule has 2 aromatic carbocycles. The number of H-pyrrole nitrogens is 1. The van der Waals surface area contributed by atoms with Crippen LogP contribution in [0.5, 0.6) is 5.75 Å². The number of nitrogens with one attached hydrogen (secondary N) is 2. The van der Waals surface area contributed by atoms with Gasteiger partial charge in [0, 0.05) is 28.8 Å². The number of carbonyl (C=O) groups excluding carboxylic acids is 1. The molecular formula is C23H18ClFN6O4. The third-order valence-electron chi connectivity index (χ3n) is 6.43. The van der Waals surface area contributed by atoms with Crippen molar-refractivity contribution in [2.75, 3.05) is 5.32 Å². The number of benzene rings is 2. The number of halogens is 2. The minimum absolute atomic E-state index is 0.0116. The zero-order chi connectivity index (χ0) is 24.1. The number of aromatic nitrogens is 4. The van der Waals surface area contributed by atoms with Crippen LogP contribution in [0.1, 0.15) is 35.7 Å². The van der Waals surface area contributed by atoms with Gasteiger partial charge in [-0.15, -0.1) is 0 Å². The van der Waals surface area contributed by atoms with Crippen LogP contribution in [0, 0.1) is 5.82 Å². The standard InChI is InChI=1S/C23H18ClFN6O4/c24-15-9-18(16(25)6-12(15)10-34-14-2-3-17-19(8-14)30-35-29-17)26-23(33)31-13-1-4-20(31)22-11(5-13)7-21(32)27-28-22/h2-3,6-9,13,20H,1,4-5,10H2,(H,26,33)(H,27,32)/t13-,20+/m0/s1. The van der Waals surface area contributed by atoms with Crippen LogP contribution in [-0.4, -0.2) is 37.5 Å². The fourth-order valence-corrected chi connectivity index (χ4v) is 5.02. The number of fused-ring (bicyclic) bond motifs is 5. The molecular weight excluding hydrogens is 479 g/mol. The van der Waals surface area contributed by atoms with E-state index in [-0.39, 0.29) is 35.0 Å². The molecule has 12 heteroatoms. The van der Waals surface area contributed by atoms with E-state index in [1.54, 1.807) is 23.1 Å². The van der Waals surface area contributed by atoms with Crippen molar-refractivity contribution in [3.63, 3.8) is 0 Å². The Morgan fingerprint density at radius 3 is 2.97 bits per heavy atom. The number of nitrogens with zero attached hydrogens (tertiary/aromatic N) is 4. The molecule has 2 bridgehead atoms. The summed E-state index contributed by atoms with van der Waals surface area (Å²) in [6, 6.07) is 8.38. The lowest BCUT2D eigenvalue weighted by atomic mass is 9.99. The van der Waals surface area contributed by atoms with Crippen molar-refractivity contribution >= 4 is 34.4 Å². The Morgan fingerprint density at radius 1 is 1.23 bits per heavy atom. The van der Waals surface area contributed by atoms with Gasteiger partial charge in [0.2, 0.25) is 0 Å². The highest BCUT2D eigenvalue weighted by atomic mass is 35.5. The average Bonchev–Trinajstić information content (AvgIpc) is 3.43. The number of ether oxygens (including phenoxy) is 1. The number of aromatic amines is 1. The molecule has 6 rings (SSSR count). The summed E-state index contributed by atoms with van der Waals surface area (Å²) in [5.74, 6) is -0.137. The average molecular weight is 497 g/mol. The summed E-state index contributed by atoms with van der Waals surface area (Å²) in [6.07, 6.45) is 2.03. The van der Waals surface area contributed by atoms with E-state index in [0.717, 1.165) is 18.4 Å². The molecule has 0 radical (unpaired) electrons. The molecule has 2 aromatic heterocycles. The summed E-state index contributed by atoms with van der Waals surface area (Å²) < 4.78 is 25.3. The third kappa shape index (κ3) is 3.87. The van der Waals surface area contributed by atoms with Crippen molar-refractivity contribution in [1.29, 1.82) is 0 Å². The maximum Gasteiger partial charge on any atom is 0.322 e. The number of amides is 2. The highest BCUT2D eigenvalue weighted by Crippen LogP contribution is 2.42. The van der Waals surface area contributed by atoms with E-state index in [1.807, 2.05) is 0 Å². The SMILES string of the molecule is O=C(Nc1cc(Cl)c(COc2ccc3nonc3c2)cc1F)N1[C@H]2CC[C@@H]1c1n[nH]c(=O)cc1C2. The van der Waals surface area contributed by atoms with Crippen LogP contribution >= 0.6 is 11.6 Å². The minimum Gasteiger partial charge on any atom is -0.489 e. The Kier molecular flexibility index (Phi) is 5.14. The molecule has 35 heavy (non-hydrogen) atoms. The molecule has 2 atom stereocenters. The molecule has 1 fully saturated rings. The van der Waals surface area contributed by atoms with Crippen LogP contribution in [0.15, 0.2) is 45.8 Å². The Bertz CT molecular complexity index is 1520. The largest absolute Gasteiger partial charge is 0.489 e. The molecule has 0 spiro atoms. The van der Waals surface area contributed by atoms with Crippen LogP contribution in [-0.2, 0) is 13.0 Å². The van der Waals surface area contributed by atoms with E-state index in [9.17, 15) is 14.0 Å². The summed E-state index contributed by atoms with van der Waals surface area (Å²) in [7, 11) is 0. The van der Waals surface area contributed by atoms with Gasteiger partial charge >= 0.3 is 6.03 Å². The van der Waals surface area contributed by atoms with Crippen LogP contribution < -0.4 is 15.6 Å². The van der Waals surface area contributed by atoms with E-state index >= 15 is 0 Å². The van der Waals surface area contributed by atoms with Crippen molar-refractivity contribution in [3.8, 4) is 5.75 Å². The van der Waals surface area contributed by atoms with Gasteiger partial charge in [0.25, 0.3) is 5.56 Å². The monoisotopic (exact) mass is 496 g/mol. The lowest BCUT2D eigenvalue weighted by Crippen LogP contribution is -2.45. The van der Waals surface area contributed by atoms with E-state index in [4.69, 9.17) is 16.3 Å². The summed E-state index contributed by atoms with van der Waals surface area (Å²) in [5.41, 5.74) is 2.78. The number of hydrogen-bond donors (Lipinski definition) is 2. The first-order valence-electron chi connectivity index (χ1n) is 11.0. The Morgan fingerprint density at radius 2 is 2.09 bits per heavy atom. The van der Waals surface area contributed by atoms with Gasteiger partial charge in [0.15, 0.2) is 0 Å². The van der Waals surface area contributed by atoms with Gasteiger partial charge in [-0.05, 0) is 59.4 Å². The fourth-order valence-electron chi connectivity index (χ4n) is 4.80. The first-order valence-corrected chi connectivity index (χ1v) is 11.3. The molecule has 4 aromatic rings. The topological polar surface area (TPSA) is 126 Å². The molecule has 4 heterocycles. The van der Waals surface area contributed by atoms with E-state index in [0.29, 0.717) is 34.5 Å². The van der Waals surface area contributed by atoms with Gasteiger partial charge < -0.3 is 15.0 Å². The summed E-state index contributed by atoms with van der Waals surface area (Å²) in [4.78, 5) is 26.4. The number of carbonyl (C=O) groups is 1. The van der Waals surface area contributed by atoms with Gasteiger partial charge in [0.05, 0.1) is 17.4 Å². The molecule has 0 saturated carbocycles. The predicted octanol–water partition coefficient (Wildman–Crippen LogP) is 3.97. The van der Waals surface area contributed by atoms with Gasteiger partial charge in [0.1, 0.15) is 29.2 Å². The quantitative estimate of drug-likeness (QED) is 0.437. The zero-order valence-corrected chi connectivity index (χ0v) is 18.9. The van der Waals surface area contributed by atoms with E-state index in [1.165, 1.54) is 18.2 Å². The van der Waals surface area contributed by atoms with Crippen LogP contribution in [0.2, 0.25) is 5.02 Å². The first-order chi connectivity index (χ1) is 17.0. The lowest BCUT2D eigenvalue weighted by Gasteiger charge is -2.35. The van der Waals surface area contributed by atoms with Crippen LogP contribution in [0.25, 0.3) is 11.0 Å². The molecule has 2 aliphatic heterocycles. The Hall–Kier alpha value is -3.99. The second-order valence-corrected chi connectivity index (χ2v) is 8.97. The van der Waals surface area contributed by atoms with Crippen LogP contribution in [0.3, 0.4) is 0 Å². The van der Waals surface area contributed by atoms with E-state index in [2.05, 4.69) is 30.5 Å². The second kappa shape index (κ2) is 8.35. The van der Waals surface area contributed by atoms with Gasteiger partial charge in [-0.25, -0.2) is 18.9 Å². The van der Waals surface area contributed by atoms with Crippen molar-refractivity contribution < 1.29 is 18.6 Å². The smallest absolute Gasteiger partial charge is 0.322 e. The van der Waals surface area contributed by atoms with Crippen molar-refractivity contribution in [2.24, 2.45) is 0 Å². The summed E-state index contributed by atoms with van der Waals surface area (Å²) >= 11 is 6.37. The highest BCUT2D eigenvalue weighted by Gasteiger charge is 2.44. The molecule has 178 valence electrons. The number of rotatable bonds is 4. The van der Waals surface area contributed by atoms with Gasteiger partial charge in [-0.1, -0.05) is 11.6 Å². The molecule has 2 aliphatic rings. The van der Waals surface area contributed by atoms with Crippen LogP contribution in [0.4, 0.5) is 14.9 Å². The molecule has 1 saturated heterocycles. The fraction of sp³-hybridized carbons (Fsp3) is 0.261. The summed E-state index contributed by atoms with van der Waals surface area (Å²) in [5, 5.41) is 17.0. The van der Waals surface area contributed by atoms with Crippen molar-refractivity contribution in [2.45, 2.75) is 38.0 Å². The first kappa shape index (κ1) is 21.5. The maximum atomic E-state index is 14.9. The van der Waals surface area contributed by atoms with Gasteiger partial charge in [-0.3, -0.25) is 4.79 Å².